The highest BCUT2D eigenvalue weighted by Crippen LogP contribution is 2.33. The molecule has 0 spiro atoms. The van der Waals surface area contributed by atoms with Crippen molar-refractivity contribution in [2.75, 3.05) is 7.11 Å². The molecule has 1 saturated carbocycles. The molecule has 0 aliphatic heterocycles. The maximum atomic E-state index is 11.3. The van der Waals surface area contributed by atoms with E-state index < -0.39 is 4.92 Å². The molecule has 138 valence electrons. The number of rotatable bonds is 5. The largest absolute Gasteiger partial charge is 0.504 e. The average Bonchev–Trinajstić information content (AvgIpc) is 3.01. The number of aromatic nitrogens is 3. The van der Waals surface area contributed by atoms with Crippen molar-refractivity contribution in [2.45, 2.75) is 38.0 Å². The van der Waals surface area contributed by atoms with Crippen molar-refractivity contribution < 1.29 is 14.8 Å². The molecule has 3 rings (SSSR count). The number of aromatic amines is 1. The van der Waals surface area contributed by atoms with E-state index in [2.05, 4.69) is 15.3 Å². The normalized spacial score (nSPS) is 15.4. The maximum absolute atomic E-state index is 11.3. The smallest absolute Gasteiger partial charge is 0.282 e. The molecule has 9 nitrogen and oxygen atoms in total. The van der Waals surface area contributed by atoms with Gasteiger partial charge in [0.1, 0.15) is 0 Å². The molecular weight excluding hydrogens is 358 g/mol. The summed E-state index contributed by atoms with van der Waals surface area (Å²) in [4.78, 5) is 10.7. The van der Waals surface area contributed by atoms with E-state index in [4.69, 9.17) is 17.0 Å². The molecule has 0 saturated heterocycles. The Hall–Kier alpha value is -2.75. The van der Waals surface area contributed by atoms with Crippen LogP contribution in [-0.4, -0.2) is 38.2 Å². The van der Waals surface area contributed by atoms with Gasteiger partial charge in [0.15, 0.2) is 17.3 Å². The fourth-order valence-electron chi connectivity index (χ4n) is 3.16. The minimum Gasteiger partial charge on any atom is -0.504 e. The van der Waals surface area contributed by atoms with Crippen LogP contribution in [-0.2, 0) is 0 Å². The summed E-state index contributed by atoms with van der Waals surface area (Å²) >= 11 is 5.24. The molecule has 0 radical (unpaired) electrons. The first-order chi connectivity index (χ1) is 12.5. The van der Waals surface area contributed by atoms with Gasteiger partial charge < -0.3 is 9.84 Å². The Balaban J connectivity index is 1.98. The number of benzene rings is 1. The lowest BCUT2D eigenvalue weighted by Gasteiger charge is -2.19. The molecule has 2 aromatic rings. The van der Waals surface area contributed by atoms with Crippen LogP contribution in [0.1, 0.15) is 49.4 Å². The monoisotopic (exact) mass is 377 g/mol. The molecular formula is C16H19N5O4S. The van der Waals surface area contributed by atoms with Crippen molar-refractivity contribution in [3.05, 3.63) is 38.4 Å². The summed E-state index contributed by atoms with van der Waals surface area (Å²) in [5.74, 6) is 0.805. The summed E-state index contributed by atoms with van der Waals surface area (Å²) in [5.41, 5.74) is -0.0800. The van der Waals surface area contributed by atoms with Crippen molar-refractivity contribution >= 4 is 24.1 Å². The van der Waals surface area contributed by atoms with Gasteiger partial charge in [0.2, 0.25) is 4.77 Å². The topological polar surface area (TPSA) is 119 Å². The molecule has 1 aromatic heterocycles. The molecule has 2 N–H and O–H groups in total. The second kappa shape index (κ2) is 7.65. The predicted molar refractivity (Wildman–Crippen MR) is 97.5 cm³/mol. The fraction of sp³-hybridized carbons (Fsp3) is 0.438. The van der Waals surface area contributed by atoms with Crippen molar-refractivity contribution in [3.8, 4) is 11.5 Å². The quantitative estimate of drug-likeness (QED) is 0.356. The van der Waals surface area contributed by atoms with E-state index >= 15 is 0 Å². The number of ether oxygens (including phenoxy) is 1. The summed E-state index contributed by atoms with van der Waals surface area (Å²) in [6, 6.07) is 2.40. The van der Waals surface area contributed by atoms with E-state index in [1.54, 1.807) is 0 Å². The Morgan fingerprint density at radius 3 is 2.85 bits per heavy atom. The Labute approximate surface area is 154 Å². The first kappa shape index (κ1) is 18.1. The standard InChI is InChI=1S/C16H19N5O4S/c1-25-14-8-12(21(23)24)11(7-13(14)22)9-17-20-15(18-19-16(20)26)10-5-3-2-4-6-10/h7-10,22H,2-6H2,1H3,(H,19,26)/b17-9-. The van der Waals surface area contributed by atoms with Gasteiger partial charge in [0.05, 0.1) is 29.9 Å². The van der Waals surface area contributed by atoms with Crippen LogP contribution in [0.25, 0.3) is 0 Å². The van der Waals surface area contributed by atoms with E-state index in [1.165, 1.54) is 30.5 Å². The number of hydrogen-bond acceptors (Lipinski definition) is 7. The second-order valence-electron chi connectivity index (χ2n) is 6.12. The number of H-pyrrole nitrogens is 1. The van der Waals surface area contributed by atoms with E-state index in [0.717, 1.165) is 37.6 Å². The van der Waals surface area contributed by atoms with E-state index in [0.29, 0.717) is 4.77 Å². The van der Waals surface area contributed by atoms with Crippen LogP contribution >= 0.6 is 12.2 Å². The molecule has 1 aliphatic carbocycles. The average molecular weight is 377 g/mol. The molecule has 10 heteroatoms. The van der Waals surface area contributed by atoms with Gasteiger partial charge in [0.25, 0.3) is 5.69 Å². The zero-order valence-corrected chi connectivity index (χ0v) is 15.0. The van der Waals surface area contributed by atoms with Crippen LogP contribution < -0.4 is 4.74 Å². The molecule has 1 fully saturated rings. The van der Waals surface area contributed by atoms with E-state index in [1.807, 2.05) is 0 Å². The van der Waals surface area contributed by atoms with Crippen molar-refractivity contribution in [3.63, 3.8) is 0 Å². The third-order valence-corrected chi connectivity index (χ3v) is 4.75. The van der Waals surface area contributed by atoms with Gasteiger partial charge in [-0.15, -0.1) is 0 Å². The second-order valence-corrected chi connectivity index (χ2v) is 6.50. The third-order valence-electron chi connectivity index (χ3n) is 4.48. The molecule has 1 heterocycles. The number of nitrogens with one attached hydrogen (secondary N) is 1. The van der Waals surface area contributed by atoms with Crippen LogP contribution in [0.5, 0.6) is 11.5 Å². The summed E-state index contributed by atoms with van der Waals surface area (Å²) < 4.78 is 6.74. The Bertz CT molecular complexity index is 899. The number of nitro benzene ring substituents is 1. The highest BCUT2D eigenvalue weighted by molar-refractivity contribution is 7.71. The Morgan fingerprint density at radius 1 is 1.46 bits per heavy atom. The van der Waals surface area contributed by atoms with Crippen molar-refractivity contribution in [2.24, 2.45) is 5.10 Å². The number of hydrogen-bond donors (Lipinski definition) is 2. The molecule has 0 amide bonds. The van der Waals surface area contributed by atoms with Gasteiger partial charge in [-0.25, -0.2) is 0 Å². The van der Waals surface area contributed by atoms with E-state index in [9.17, 15) is 15.2 Å². The van der Waals surface area contributed by atoms with Gasteiger partial charge in [-0.3, -0.25) is 15.2 Å². The van der Waals surface area contributed by atoms with Crippen LogP contribution in [0.3, 0.4) is 0 Å². The van der Waals surface area contributed by atoms with Gasteiger partial charge in [-0.05, 0) is 31.1 Å². The summed E-state index contributed by atoms with van der Waals surface area (Å²) in [6.07, 6.45) is 6.80. The highest BCUT2D eigenvalue weighted by Gasteiger charge is 2.22. The van der Waals surface area contributed by atoms with Gasteiger partial charge in [-0.2, -0.15) is 14.9 Å². The SMILES string of the molecule is COc1cc([N+](=O)[O-])c(/C=N\n2c(C3CCCCC3)n[nH]c2=S)cc1O. The number of methoxy groups -OCH3 is 1. The molecule has 1 aliphatic rings. The minimum absolute atomic E-state index is 0.0247. The number of aromatic hydroxyl groups is 1. The maximum Gasteiger partial charge on any atom is 0.282 e. The zero-order chi connectivity index (χ0) is 18.7. The van der Waals surface area contributed by atoms with Crippen molar-refractivity contribution in [1.29, 1.82) is 0 Å². The number of nitrogens with zero attached hydrogens (tertiary/aromatic N) is 4. The van der Waals surface area contributed by atoms with Gasteiger partial charge in [0, 0.05) is 5.92 Å². The lowest BCUT2D eigenvalue weighted by molar-refractivity contribution is -0.385. The Morgan fingerprint density at radius 2 is 2.19 bits per heavy atom. The Kier molecular flexibility index (Phi) is 5.31. The number of phenols is 1. The van der Waals surface area contributed by atoms with E-state index in [-0.39, 0.29) is 28.7 Å². The predicted octanol–water partition coefficient (Wildman–Crippen LogP) is 3.49. The van der Waals surface area contributed by atoms with Crippen LogP contribution in [0.15, 0.2) is 17.2 Å². The van der Waals surface area contributed by atoms with Crippen LogP contribution in [0, 0.1) is 14.9 Å². The van der Waals surface area contributed by atoms with Crippen LogP contribution in [0.2, 0.25) is 0 Å². The fourth-order valence-corrected chi connectivity index (χ4v) is 3.35. The van der Waals surface area contributed by atoms with Crippen LogP contribution in [0.4, 0.5) is 5.69 Å². The summed E-state index contributed by atoms with van der Waals surface area (Å²) in [7, 11) is 1.33. The number of nitro groups is 1. The molecule has 0 atom stereocenters. The molecule has 0 unspecified atom stereocenters. The zero-order valence-electron chi connectivity index (χ0n) is 14.2. The minimum atomic E-state index is -0.556. The van der Waals surface area contributed by atoms with Gasteiger partial charge >= 0.3 is 0 Å². The summed E-state index contributed by atoms with van der Waals surface area (Å²) in [6.45, 7) is 0. The first-order valence-electron chi connectivity index (χ1n) is 8.28. The number of phenolic OH excluding ortho intramolecular Hbond substituents is 1. The van der Waals surface area contributed by atoms with Crippen molar-refractivity contribution in [1.82, 2.24) is 14.9 Å². The lowest BCUT2D eigenvalue weighted by atomic mass is 9.89. The highest BCUT2D eigenvalue weighted by atomic mass is 32.1. The summed E-state index contributed by atoms with van der Waals surface area (Å²) in [5, 5.41) is 32.5. The lowest BCUT2D eigenvalue weighted by Crippen LogP contribution is -2.10. The van der Waals surface area contributed by atoms with Gasteiger partial charge in [-0.1, -0.05) is 19.3 Å². The third kappa shape index (κ3) is 3.59. The molecule has 26 heavy (non-hydrogen) atoms. The molecule has 1 aromatic carbocycles. The molecule has 0 bridgehead atoms. The first-order valence-corrected chi connectivity index (χ1v) is 8.69.